The molecule has 0 bridgehead atoms. The van der Waals surface area contributed by atoms with Crippen LogP contribution in [0.15, 0.2) is 18.2 Å². The van der Waals surface area contributed by atoms with Crippen molar-refractivity contribution in [2.24, 2.45) is 5.73 Å². The molecule has 1 rings (SSSR count). The predicted molar refractivity (Wildman–Crippen MR) is 96.0 cm³/mol. The predicted octanol–water partition coefficient (Wildman–Crippen LogP) is 3.54. The molecule has 7 heteroatoms. The Balaban J connectivity index is 0.00000400. The standard InChI is InChI=1S/C14H20Cl2N2OS.ClH/c1-9(18-14(19)13(17)5-6-20-2)7-10-3-4-11(15)8-12(10)16;/h3-4,8-9,13H,5-7,17H2,1-2H3,(H,18,19);1H/t9?,13-;/m0./s1. The van der Waals surface area contributed by atoms with Crippen LogP contribution in [0.25, 0.3) is 0 Å². The van der Waals surface area contributed by atoms with Gasteiger partial charge < -0.3 is 11.1 Å². The first kappa shape index (κ1) is 20.9. The van der Waals surface area contributed by atoms with Gasteiger partial charge in [0.15, 0.2) is 0 Å². The Morgan fingerprint density at radius 2 is 2.10 bits per heavy atom. The first-order valence-electron chi connectivity index (χ1n) is 6.43. The molecule has 0 spiro atoms. The Hall–Kier alpha value is -0.130. The van der Waals surface area contributed by atoms with Crippen molar-refractivity contribution in [2.45, 2.75) is 31.8 Å². The van der Waals surface area contributed by atoms with Gasteiger partial charge in [0.1, 0.15) is 0 Å². The zero-order valence-electron chi connectivity index (χ0n) is 12.1. The minimum absolute atomic E-state index is 0. The highest BCUT2D eigenvalue weighted by atomic mass is 35.5. The maximum absolute atomic E-state index is 11.9. The lowest BCUT2D eigenvalue weighted by molar-refractivity contribution is -0.122. The van der Waals surface area contributed by atoms with E-state index in [-0.39, 0.29) is 24.4 Å². The molecule has 0 aliphatic carbocycles. The van der Waals surface area contributed by atoms with E-state index in [1.54, 1.807) is 23.9 Å². The molecule has 0 radical (unpaired) electrons. The van der Waals surface area contributed by atoms with Crippen LogP contribution in [0.5, 0.6) is 0 Å². The Bertz CT molecular complexity index is 460. The summed E-state index contributed by atoms with van der Waals surface area (Å²) in [4.78, 5) is 11.9. The number of hydrogen-bond acceptors (Lipinski definition) is 3. The van der Waals surface area contributed by atoms with Gasteiger partial charge in [-0.1, -0.05) is 29.3 Å². The number of thioether (sulfide) groups is 1. The van der Waals surface area contributed by atoms with E-state index in [0.717, 1.165) is 11.3 Å². The number of rotatable bonds is 7. The minimum Gasteiger partial charge on any atom is -0.352 e. The number of carbonyl (C=O) groups is 1. The third-order valence-corrected chi connectivity index (χ3v) is 4.13. The highest BCUT2D eigenvalue weighted by Crippen LogP contribution is 2.22. The van der Waals surface area contributed by atoms with Crippen LogP contribution in [0.4, 0.5) is 0 Å². The molecule has 3 N–H and O–H groups in total. The van der Waals surface area contributed by atoms with Crippen LogP contribution in [0.3, 0.4) is 0 Å². The summed E-state index contributed by atoms with van der Waals surface area (Å²) < 4.78 is 0. The van der Waals surface area contributed by atoms with Gasteiger partial charge in [-0.05, 0) is 49.5 Å². The lowest BCUT2D eigenvalue weighted by Crippen LogP contribution is -2.45. The summed E-state index contributed by atoms with van der Waals surface area (Å²) in [6.45, 7) is 1.93. The van der Waals surface area contributed by atoms with Crippen molar-refractivity contribution in [3.05, 3.63) is 33.8 Å². The van der Waals surface area contributed by atoms with Crippen molar-refractivity contribution in [3.63, 3.8) is 0 Å². The summed E-state index contributed by atoms with van der Waals surface area (Å²) in [6, 6.07) is 4.90. The largest absolute Gasteiger partial charge is 0.352 e. The van der Waals surface area contributed by atoms with Crippen molar-refractivity contribution in [1.82, 2.24) is 5.32 Å². The molecule has 1 unspecified atom stereocenters. The molecule has 21 heavy (non-hydrogen) atoms. The molecule has 120 valence electrons. The number of benzene rings is 1. The fourth-order valence-electron chi connectivity index (χ4n) is 1.79. The van der Waals surface area contributed by atoms with Crippen molar-refractivity contribution in [3.8, 4) is 0 Å². The molecule has 0 heterocycles. The van der Waals surface area contributed by atoms with E-state index in [9.17, 15) is 4.79 Å². The molecule has 0 fully saturated rings. The van der Waals surface area contributed by atoms with Crippen LogP contribution in [0.2, 0.25) is 10.0 Å². The quantitative estimate of drug-likeness (QED) is 0.770. The van der Waals surface area contributed by atoms with Gasteiger partial charge in [0.2, 0.25) is 5.91 Å². The fourth-order valence-corrected chi connectivity index (χ4v) is 2.77. The first-order valence-corrected chi connectivity index (χ1v) is 8.57. The number of nitrogens with one attached hydrogen (secondary N) is 1. The third kappa shape index (κ3) is 7.61. The maximum Gasteiger partial charge on any atom is 0.237 e. The number of nitrogens with two attached hydrogens (primary N) is 1. The average molecular weight is 372 g/mol. The van der Waals surface area contributed by atoms with E-state index in [1.807, 2.05) is 19.2 Å². The van der Waals surface area contributed by atoms with Gasteiger partial charge in [0, 0.05) is 16.1 Å². The fraction of sp³-hybridized carbons (Fsp3) is 0.500. The first-order chi connectivity index (χ1) is 9.43. The van der Waals surface area contributed by atoms with E-state index in [0.29, 0.717) is 22.9 Å². The number of hydrogen-bond donors (Lipinski definition) is 2. The van der Waals surface area contributed by atoms with E-state index in [2.05, 4.69) is 5.32 Å². The number of amides is 1. The Morgan fingerprint density at radius 3 is 2.67 bits per heavy atom. The Morgan fingerprint density at radius 1 is 1.43 bits per heavy atom. The molecule has 0 saturated heterocycles. The summed E-state index contributed by atoms with van der Waals surface area (Å²) in [5.41, 5.74) is 6.79. The zero-order chi connectivity index (χ0) is 15.1. The second-order valence-corrected chi connectivity index (χ2v) is 6.57. The Kier molecular flexibility index (Phi) is 10.5. The van der Waals surface area contributed by atoms with Gasteiger partial charge in [0.25, 0.3) is 0 Å². The molecule has 0 saturated carbocycles. The third-order valence-electron chi connectivity index (χ3n) is 2.90. The summed E-state index contributed by atoms with van der Waals surface area (Å²) in [6.07, 6.45) is 3.33. The van der Waals surface area contributed by atoms with E-state index in [4.69, 9.17) is 28.9 Å². The summed E-state index contributed by atoms with van der Waals surface area (Å²) in [7, 11) is 0. The molecule has 0 aliphatic heterocycles. The van der Waals surface area contributed by atoms with E-state index >= 15 is 0 Å². The summed E-state index contributed by atoms with van der Waals surface area (Å²) in [5.74, 6) is 0.767. The van der Waals surface area contributed by atoms with Gasteiger partial charge in [0.05, 0.1) is 6.04 Å². The van der Waals surface area contributed by atoms with Crippen molar-refractivity contribution in [1.29, 1.82) is 0 Å². The van der Waals surface area contributed by atoms with Gasteiger partial charge >= 0.3 is 0 Å². The molecule has 3 nitrogen and oxygen atoms in total. The van der Waals surface area contributed by atoms with Crippen LogP contribution >= 0.6 is 47.4 Å². The van der Waals surface area contributed by atoms with Gasteiger partial charge in [-0.2, -0.15) is 11.8 Å². The van der Waals surface area contributed by atoms with Crippen molar-refractivity contribution < 1.29 is 4.79 Å². The van der Waals surface area contributed by atoms with Crippen molar-refractivity contribution >= 4 is 53.3 Å². The second kappa shape index (κ2) is 10.6. The van der Waals surface area contributed by atoms with E-state index < -0.39 is 6.04 Å². The van der Waals surface area contributed by atoms with Crippen LogP contribution in [-0.4, -0.2) is 30.0 Å². The van der Waals surface area contributed by atoms with Crippen LogP contribution < -0.4 is 11.1 Å². The molecule has 2 atom stereocenters. The van der Waals surface area contributed by atoms with Crippen LogP contribution in [-0.2, 0) is 11.2 Å². The highest BCUT2D eigenvalue weighted by molar-refractivity contribution is 7.98. The highest BCUT2D eigenvalue weighted by Gasteiger charge is 2.16. The molecule has 1 amide bonds. The monoisotopic (exact) mass is 370 g/mol. The normalized spacial score (nSPS) is 13.2. The molecule has 0 aliphatic rings. The molecular weight excluding hydrogens is 351 g/mol. The van der Waals surface area contributed by atoms with Crippen molar-refractivity contribution in [2.75, 3.05) is 12.0 Å². The smallest absolute Gasteiger partial charge is 0.237 e. The van der Waals surface area contributed by atoms with Gasteiger partial charge in [-0.15, -0.1) is 12.4 Å². The van der Waals surface area contributed by atoms with Gasteiger partial charge in [-0.25, -0.2) is 0 Å². The average Bonchev–Trinajstić information content (AvgIpc) is 2.39. The molecule has 1 aromatic rings. The summed E-state index contributed by atoms with van der Waals surface area (Å²) in [5, 5.41) is 4.14. The summed E-state index contributed by atoms with van der Waals surface area (Å²) >= 11 is 13.7. The number of halogens is 3. The maximum atomic E-state index is 11.9. The minimum atomic E-state index is -0.453. The van der Waals surface area contributed by atoms with Crippen LogP contribution in [0, 0.1) is 0 Å². The lowest BCUT2D eigenvalue weighted by atomic mass is 10.1. The topological polar surface area (TPSA) is 55.1 Å². The Labute approximate surface area is 146 Å². The number of carbonyl (C=O) groups excluding carboxylic acids is 1. The SMILES string of the molecule is CSCC[C@H](N)C(=O)NC(C)Cc1ccc(Cl)cc1Cl.Cl. The lowest BCUT2D eigenvalue weighted by Gasteiger charge is -2.18. The van der Waals surface area contributed by atoms with E-state index in [1.165, 1.54) is 0 Å². The molecule has 0 aromatic heterocycles. The van der Waals surface area contributed by atoms with Crippen LogP contribution in [0.1, 0.15) is 18.9 Å². The second-order valence-electron chi connectivity index (χ2n) is 4.74. The molecular formula is C14H21Cl3N2OS. The zero-order valence-corrected chi connectivity index (χ0v) is 15.2. The van der Waals surface area contributed by atoms with Gasteiger partial charge in [-0.3, -0.25) is 4.79 Å². The molecule has 1 aromatic carbocycles.